The van der Waals surface area contributed by atoms with E-state index < -0.39 is 0 Å². The number of hydrogen-bond donors (Lipinski definition) is 1. The van der Waals surface area contributed by atoms with E-state index in [1.807, 2.05) is 29.2 Å². The van der Waals surface area contributed by atoms with Crippen molar-refractivity contribution in [2.45, 2.75) is 19.9 Å². The Hall–Kier alpha value is -2.63. The molecule has 2 aromatic rings. The van der Waals surface area contributed by atoms with Gasteiger partial charge in [0.2, 0.25) is 0 Å². The Balaban J connectivity index is 1.63. The third-order valence-electron chi connectivity index (χ3n) is 3.98. The lowest BCUT2D eigenvalue weighted by atomic mass is 10.2. The molecule has 0 atom stereocenters. The zero-order valence-electron chi connectivity index (χ0n) is 14.1. The normalized spacial score (nSPS) is 14.8. The van der Waals surface area contributed by atoms with E-state index in [1.165, 1.54) is 0 Å². The summed E-state index contributed by atoms with van der Waals surface area (Å²) in [5.41, 5.74) is 1.51. The molecule has 0 unspecified atom stereocenters. The smallest absolute Gasteiger partial charge is 0.255 e. The highest BCUT2D eigenvalue weighted by Gasteiger charge is 2.23. The van der Waals surface area contributed by atoms with Gasteiger partial charge in [0.1, 0.15) is 5.82 Å². The zero-order chi connectivity index (χ0) is 16.9. The van der Waals surface area contributed by atoms with E-state index in [0.717, 1.165) is 24.6 Å². The number of rotatable bonds is 4. The van der Waals surface area contributed by atoms with Crippen LogP contribution in [0.1, 0.15) is 24.2 Å². The second-order valence-electron chi connectivity index (χ2n) is 6.23. The maximum atomic E-state index is 12.7. The van der Waals surface area contributed by atoms with Crippen LogP contribution >= 0.6 is 0 Å². The van der Waals surface area contributed by atoms with Crippen molar-refractivity contribution in [1.82, 2.24) is 14.9 Å². The first-order valence-electron chi connectivity index (χ1n) is 8.30. The van der Waals surface area contributed by atoms with Gasteiger partial charge in [-0.05, 0) is 32.0 Å². The number of carbonyl (C=O) groups excluding carboxylic acids is 1. The lowest BCUT2D eigenvalue weighted by molar-refractivity contribution is 0.0746. The van der Waals surface area contributed by atoms with Gasteiger partial charge in [0.15, 0.2) is 0 Å². The Bertz CT molecular complexity index is 681. The Morgan fingerprint density at radius 3 is 2.62 bits per heavy atom. The van der Waals surface area contributed by atoms with E-state index >= 15 is 0 Å². The summed E-state index contributed by atoms with van der Waals surface area (Å²) in [6.45, 7) is 7.09. The molecule has 1 aliphatic rings. The van der Waals surface area contributed by atoms with Gasteiger partial charge in [0, 0.05) is 50.8 Å². The maximum Gasteiger partial charge on any atom is 0.255 e. The van der Waals surface area contributed by atoms with Crippen LogP contribution in [-0.4, -0.2) is 53.0 Å². The van der Waals surface area contributed by atoms with Crippen LogP contribution in [0.5, 0.6) is 0 Å². The summed E-state index contributed by atoms with van der Waals surface area (Å²) < 4.78 is 0. The van der Waals surface area contributed by atoms with Gasteiger partial charge in [-0.3, -0.25) is 9.78 Å². The molecule has 1 N–H and O–H groups in total. The van der Waals surface area contributed by atoms with Crippen molar-refractivity contribution in [3.63, 3.8) is 0 Å². The van der Waals surface area contributed by atoms with E-state index in [-0.39, 0.29) is 5.91 Å². The third-order valence-corrected chi connectivity index (χ3v) is 3.98. The summed E-state index contributed by atoms with van der Waals surface area (Å²) >= 11 is 0. The van der Waals surface area contributed by atoms with Gasteiger partial charge in [0.05, 0.1) is 11.3 Å². The van der Waals surface area contributed by atoms with Crippen LogP contribution in [0.2, 0.25) is 0 Å². The molecule has 0 spiro atoms. The van der Waals surface area contributed by atoms with Gasteiger partial charge in [0.25, 0.3) is 5.91 Å². The predicted molar refractivity (Wildman–Crippen MR) is 95.3 cm³/mol. The Morgan fingerprint density at radius 2 is 1.96 bits per heavy atom. The molecule has 0 saturated carbocycles. The molecule has 0 bridgehead atoms. The number of nitrogens with one attached hydrogen (secondary N) is 1. The standard InChI is InChI=1S/C18H23N5O/c1-14(2)21-16-11-15(12-19-13-16)18(24)23-9-7-22(8-10-23)17-5-3-4-6-20-17/h3-6,11-14,21H,7-10H2,1-2H3. The number of carbonyl (C=O) groups is 1. The molecule has 0 aromatic carbocycles. The largest absolute Gasteiger partial charge is 0.382 e. The molecule has 6 nitrogen and oxygen atoms in total. The minimum atomic E-state index is 0.0376. The fourth-order valence-corrected chi connectivity index (χ4v) is 2.83. The molecule has 1 saturated heterocycles. The first kappa shape index (κ1) is 16.2. The summed E-state index contributed by atoms with van der Waals surface area (Å²) in [5, 5.41) is 3.28. The molecular weight excluding hydrogens is 302 g/mol. The zero-order valence-corrected chi connectivity index (χ0v) is 14.1. The monoisotopic (exact) mass is 325 g/mol. The van der Waals surface area contributed by atoms with Gasteiger partial charge >= 0.3 is 0 Å². The third kappa shape index (κ3) is 3.82. The first-order chi connectivity index (χ1) is 11.6. The molecule has 6 heteroatoms. The van der Waals surface area contributed by atoms with Gasteiger partial charge < -0.3 is 15.1 Å². The minimum absolute atomic E-state index is 0.0376. The first-order valence-corrected chi connectivity index (χ1v) is 8.30. The maximum absolute atomic E-state index is 12.7. The fourth-order valence-electron chi connectivity index (χ4n) is 2.83. The van der Waals surface area contributed by atoms with Crippen molar-refractivity contribution in [1.29, 1.82) is 0 Å². The highest BCUT2D eigenvalue weighted by atomic mass is 16.2. The van der Waals surface area contributed by atoms with Gasteiger partial charge in [-0.2, -0.15) is 0 Å². The average molecular weight is 325 g/mol. The van der Waals surface area contributed by atoms with Gasteiger partial charge in [-0.25, -0.2) is 4.98 Å². The Morgan fingerprint density at radius 1 is 1.17 bits per heavy atom. The van der Waals surface area contributed by atoms with Crippen LogP contribution in [0.25, 0.3) is 0 Å². The number of aromatic nitrogens is 2. The van der Waals surface area contributed by atoms with Crippen molar-refractivity contribution >= 4 is 17.4 Å². The molecule has 1 amide bonds. The molecule has 126 valence electrons. The second kappa shape index (κ2) is 7.29. The number of nitrogens with zero attached hydrogens (tertiary/aromatic N) is 4. The Labute approximate surface area is 142 Å². The highest BCUT2D eigenvalue weighted by Crippen LogP contribution is 2.16. The summed E-state index contributed by atoms with van der Waals surface area (Å²) in [6.07, 6.45) is 5.18. The fraction of sp³-hybridized carbons (Fsp3) is 0.389. The Kier molecular flexibility index (Phi) is 4.93. The molecular formula is C18H23N5O. The molecule has 3 rings (SSSR count). The summed E-state index contributed by atoms with van der Waals surface area (Å²) in [4.78, 5) is 25.4. The van der Waals surface area contributed by atoms with E-state index in [2.05, 4.69) is 34.0 Å². The number of pyridine rings is 2. The van der Waals surface area contributed by atoms with Crippen molar-refractivity contribution in [2.24, 2.45) is 0 Å². The molecule has 1 aliphatic heterocycles. The van der Waals surface area contributed by atoms with E-state index in [9.17, 15) is 4.79 Å². The number of anilines is 2. The number of hydrogen-bond acceptors (Lipinski definition) is 5. The molecule has 2 aromatic heterocycles. The summed E-state index contributed by atoms with van der Waals surface area (Å²) in [6, 6.07) is 8.08. The van der Waals surface area contributed by atoms with Crippen molar-refractivity contribution in [3.8, 4) is 0 Å². The number of amides is 1. The molecule has 24 heavy (non-hydrogen) atoms. The SMILES string of the molecule is CC(C)Nc1cncc(C(=O)N2CCN(c3ccccn3)CC2)c1. The van der Waals surface area contributed by atoms with Crippen LogP contribution in [0, 0.1) is 0 Å². The minimum Gasteiger partial charge on any atom is -0.382 e. The molecule has 1 fully saturated rings. The highest BCUT2D eigenvalue weighted by molar-refractivity contribution is 5.94. The van der Waals surface area contributed by atoms with Crippen LogP contribution < -0.4 is 10.2 Å². The van der Waals surface area contributed by atoms with Crippen LogP contribution in [0.4, 0.5) is 11.5 Å². The van der Waals surface area contributed by atoms with Crippen LogP contribution in [0.15, 0.2) is 42.9 Å². The lowest BCUT2D eigenvalue weighted by Crippen LogP contribution is -2.49. The van der Waals surface area contributed by atoms with Crippen LogP contribution in [0.3, 0.4) is 0 Å². The molecule has 0 radical (unpaired) electrons. The predicted octanol–water partition coefficient (Wildman–Crippen LogP) is 2.26. The summed E-state index contributed by atoms with van der Waals surface area (Å²) in [7, 11) is 0. The van der Waals surface area contributed by atoms with Gasteiger partial charge in [-0.15, -0.1) is 0 Å². The van der Waals surface area contributed by atoms with E-state index in [1.54, 1.807) is 18.6 Å². The van der Waals surface area contributed by atoms with Crippen molar-refractivity contribution in [2.75, 3.05) is 36.4 Å². The molecule has 0 aliphatic carbocycles. The second-order valence-corrected chi connectivity index (χ2v) is 6.23. The average Bonchev–Trinajstić information content (AvgIpc) is 2.62. The van der Waals surface area contributed by atoms with Crippen LogP contribution in [-0.2, 0) is 0 Å². The quantitative estimate of drug-likeness (QED) is 0.934. The van der Waals surface area contributed by atoms with Crippen molar-refractivity contribution in [3.05, 3.63) is 48.4 Å². The topological polar surface area (TPSA) is 61.4 Å². The number of piperazine rings is 1. The molecule has 3 heterocycles. The van der Waals surface area contributed by atoms with E-state index in [0.29, 0.717) is 24.7 Å². The van der Waals surface area contributed by atoms with E-state index in [4.69, 9.17) is 0 Å². The summed E-state index contributed by atoms with van der Waals surface area (Å²) in [5.74, 6) is 1.00. The van der Waals surface area contributed by atoms with Gasteiger partial charge in [-0.1, -0.05) is 6.07 Å². The lowest BCUT2D eigenvalue weighted by Gasteiger charge is -2.35. The van der Waals surface area contributed by atoms with Crippen molar-refractivity contribution < 1.29 is 4.79 Å².